The Balaban J connectivity index is 2.62. The summed E-state index contributed by atoms with van der Waals surface area (Å²) >= 11 is 0. The molecule has 102 valence electrons. The van der Waals surface area contributed by atoms with Gasteiger partial charge in [-0.1, -0.05) is 51.5 Å². The van der Waals surface area contributed by atoms with Crippen molar-refractivity contribution in [1.29, 1.82) is 0 Å². The van der Waals surface area contributed by atoms with Crippen LogP contribution in [0.2, 0.25) is 0 Å². The summed E-state index contributed by atoms with van der Waals surface area (Å²) < 4.78 is 0. The van der Waals surface area contributed by atoms with Crippen LogP contribution >= 0.6 is 0 Å². The van der Waals surface area contributed by atoms with Crippen molar-refractivity contribution in [2.45, 2.75) is 66.0 Å². The van der Waals surface area contributed by atoms with E-state index in [-0.39, 0.29) is 0 Å². The van der Waals surface area contributed by atoms with Crippen molar-refractivity contribution >= 4 is 0 Å². The molecule has 0 aliphatic heterocycles. The second kappa shape index (κ2) is 7.58. The molecule has 0 saturated carbocycles. The van der Waals surface area contributed by atoms with Crippen LogP contribution in [-0.2, 0) is 0 Å². The zero-order chi connectivity index (χ0) is 13.5. The van der Waals surface area contributed by atoms with Crippen LogP contribution in [0.1, 0.15) is 64.1 Å². The van der Waals surface area contributed by atoms with E-state index in [1.165, 1.54) is 30.4 Å². The molecule has 0 amide bonds. The lowest BCUT2D eigenvalue weighted by molar-refractivity contribution is 0.358. The molecule has 0 radical (unpaired) electrons. The summed E-state index contributed by atoms with van der Waals surface area (Å²) in [6, 6.07) is 9.76. The Hall–Kier alpha value is -0.820. The Kier molecular flexibility index (Phi) is 6.42. The van der Waals surface area contributed by atoms with Gasteiger partial charge in [0.1, 0.15) is 0 Å². The Bertz CT molecular complexity index is 345. The van der Waals surface area contributed by atoms with Gasteiger partial charge in [0.25, 0.3) is 0 Å². The van der Waals surface area contributed by atoms with Crippen LogP contribution in [0, 0.1) is 12.8 Å². The molecular formula is C17H29N. The van der Waals surface area contributed by atoms with Crippen molar-refractivity contribution in [2.75, 3.05) is 0 Å². The van der Waals surface area contributed by atoms with Crippen LogP contribution < -0.4 is 5.32 Å². The average molecular weight is 247 g/mol. The number of rotatable bonds is 7. The van der Waals surface area contributed by atoms with E-state index in [4.69, 9.17) is 0 Å². The van der Waals surface area contributed by atoms with Crippen LogP contribution in [0.15, 0.2) is 24.3 Å². The molecule has 0 aromatic heterocycles. The highest BCUT2D eigenvalue weighted by atomic mass is 14.9. The van der Waals surface area contributed by atoms with Crippen molar-refractivity contribution < 1.29 is 0 Å². The molecule has 1 aromatic rings. The smallest absolute Gasteiger partial charge is 0.0296 e. The largest absolute Gasteiger partial charge is 0.307 e. The molecule has 1 nitrogen and oxygen atoms in total. The summed E-state index contributed by atoms with van der Waals surface area (Å²) in [6.07, 6.45) is 3.76. The van der Waals surface area contributed by atoms with Crippen LogP contribution in [0.5, 0.6) is 0 Å². The van der Waals surface area contributed by atoms with E-state index < -0.39 is 0 Å². The minimum atomic E-state index is 0.445. The minimum Gasteiger partial charge on any atom is -0.307 e. The van der Waals surface area contributed by atoms with Crippen molar-refractivity contribution in [3.63, 3.8) is 0 Å². The molecule has 1 heteroatoms. The quantitative estimate of drug-likeness (QED) is 0.725. The lowest BCUT2D eigenvalue weighted by atomic mass is 9.95. The predicted molar refractivity (Wildman–Crippen MR) is 80.9 cm³/mol. The second-order valence-electron chi connectivity index (χ2n) is 5.60. The summed E-state index contributed by atoms with van der Waals surface area (Å²) in [5.74, 6) is 0.812. The molecule has 3 atom stereocenters. The van der Waals surface area contributed by atoms with Crippen molar-refractivity contribution in [3.05, 3.63) is 35.4 Å². The van der Waals surface area contributed by atoms with E-state index in [1.54, 1.807) is 0 Å². The monoisotopic (exact) mass is 247 g/mol. The van der Waals surface area contributed by atoms with Gasteiger partial charge in [0.15, 0.2) is 0 Å². The maximum atomic E-state index is 3.79. The van der Waals surface area contributed by atoms with Gasteiger partial charge in [-0.05, 0) is 43.7 Å². The summed E-state index contributed by atoms with van der Waals surface area (Å²) in [5, 5.41) is 3.79. The molecule has 0 heterocycles. The van der Waals surface area contributed by atoms with Crippen LogP contribution in [0.3, 0.4) is 0 Å². The Labute approximate surface area is 113 Å². The van der Waals surface area contributed by atoms with Gasteiger partial charge in [-0.3, -0.25) is 0 Å². The van der Waals surface area contributed by atoms with Gasteiger partial charge in [0.05, 0.1) is 0 Å². The maximum Gasteiger partial charge on any atom is 0.0296 e. The molecule has 0 bridgehead atoms. The minimum absolute atomic E-state index is 0.445. The molecule has 18 heavy (non-hydrogen) atoms. The first-order chi connectivity index (χ1) is 8.58. The SMILES string of the molecule is CCC(C)CC(CC)NC(C)c1ccccc1C. The molecular weight excluding hydrogens is 218 g/mol. The third kappa shape index (κ3) is 4.45. The molecule has 3 unspecified atom stereocenters. The van der Waals surface area contributed by atoms with Gasteiger partial charge in [-0.15, -0.1) is 0 Å². The number of hydrogen-bond donors (Lipinski definition) is 1. The lowest BCUT2D eigenvalue weighted by Gasteiger charge is -2.25. The Morgan fingerprint density at radius 2 is 1.72 bits per heavy atom. The molecule has 0 fully saturated rings. The van der Waals surface area contributed by atoms with Crippen LogP contribution in [-0.4, -0.2) is 6.04 Å². The first-order valence-electron chi connectivity index (χ1n) is 7.40. The number of nitrogens with one attached hydrogen (secondary N) is 1. The van der Waals surface area contributed by atoms with E-state index in [1.807, 2.05) is 0 Å². The van der Waals surface area contributed by atoms with Crippen molar-refractivity contribution in [1.82, 2.24) is 5.32 Å². The van der Waals surface area contributed by atoms with Gasteiger partial charge in [-0.25, -0.2) is 0 Å². The molecule has 0 aliphatic rings. The highest BCUT2D eigenvalue weighted by Crippen LogP contribution is 2.20. The number of hydrogen-bond acceptors (Lipinski definition) is 1. The summed E-state index contributed by atoms with van der Waals surface area (Å²) in [7, 11) is 0. The summed E-state index contributed by atoms with van der Waals surface area (Å²) in [4.78, 5) is 0. The Morgan fingerprint density at radius 1 is 1.06 bits per heavy atom. The molecule has 1 aromatic carbocycles. The fourth-order valence-corrected chi connectivity index (χ4v) is 2.52. The standard InChI is InChI=1S/C17H29N/c1-6-13(3)12-16(7-2)18-15(5)17-11-9-8-10-14(17)4/h8-11,13,15-16,18H,6-7,12H2,1-5H3. The van der Waals surface area contributed by atoms with Gasteiger partial charge >= 0.3 is 0 Å². The van der Waals surface area contributed by atoms with Gasteiger partial charge in [-0.2, -0.15) is 0 Å². The van der Waals surface area contributed by atoms with Crippen LogP contribution in [0.4, 0.5) is 0 Å². The Morgan fingerprint density at radius 3 is 2.28 bits per heavy atom. The normalized spacial score (nSPS) is 16.3. The first kappa shape index (κ1) is 15.2. The van der Waals surface area contributed by atoms with Gasteiger partial charge in [0.2, 0.25) is 0 Å². The predicted octanol–water partition coefficient (Wildman–Crippen LogP) is 4.86. The topological polar surface area (TPSA) is 12.0 Å². The fourth-order valence-electron chi connectivity index (χ4n) is 2.52. The summed E-state index contributed by atoms with van der Waals surface area (Å²) in [5.41, 5.74) is 2.82. The zero-order valence-electron chi connectivity index (χ0n) is 12.7. The first-order valence-corrected chi connectivity index (χ1v) is 7.40. The van der Waals surface area contributed by atoms with Crippen molar-refractivity contribution in [3.8, 4) is 0 Å². The molecule has 0 aliphatic carbocycles. The van der Waals surface area contributed by atoms with Crippen LogP contribution in [0.25, 0.3) is 0 Å². The molecule has 1 N–H and O–H groups in total. The molecule has 0 spiro atoms. The third-order valence-electron chi connectivity index (χ3n) is 4.02. The van der Waals surface area contributed by atoms with E-state index in [2.05, 4.69) is 64.2 Å². The van der Waals surface area contributed by atoms with Crippen molar-refractivity contribution in [2.24, 2.45) is 5.92 Å². The van der Waals surface area contributed by atoms with E-state index in [0.29, 0.717) is 12.1 Å². The van der Waals surface area contributed by atoms with Gasteiger partial charge < -0.3 is 5.32 Å². The molecule has 1 rings (SSSR count). The average Bonchev–Trinajstić information content (AvgIpc) is 2.38. The van der Waals surface area contributed by atoms with E-state index in [0.717, 1.165) is 5.92 Å². The fraction of sp³-hybridized carbons (Fsp3) is 0.647. The lowest BCUT2D eigenvalue weighted by Crippen LogP contribution is -2.32. The van der Waals surface area contributed by atoms with E-state index >= 15 is 0 Å². The highest BCUT2D eigenvalue weighted by Gasteiger charge is 2.15. The maximum absolute atomic E-state index is 3.79. The highest BCUT2D eigenvalue weighted by molar-refractivity contribution is 5.28. The molecule has 0 saturated heterocycles. The second-order valence-corrected chi connectivity index (χ2v) is 5.60. The van der Waals surface area contributed by atoms with E-state index in [9.17, 15) is 0 Å². The van der Waals surface area contributed by atoms with Gasteiger partial charge in [0, 0.05) is 12.1 Å². The summed E-state index contributed by atoms with van der Waals surface area (Å²) in [6.45, 7) is 11.4. The zero-order valence-corrected chi connectivity index (χ0v) is 12.7. The number of aryl methyl sites for hydroxylation is 1. The number of benzene rings is 1. The third-order valence-corrected chi connectivity index (χ3v) is 4.02.